The summed E-state index contributed by atoms with van der Waals surface area (Å²) >= 11 is 0. The molecule has 0 aromatic carbocycles. The number of aliphatic carboxylic acids is 1. The second kappa shape index (κ2) is 6.69. The zero-order chi connectivity index (χ0) is 15.3. The maximum absolute atomic E-state index is 11.7. The highest BCUT2D eigenvalue weighted by Crippen LogP contribution is 2.11. The molecule has 2 unspecified atom stereocenters. The lowest BCUT2D eigenvalue weighted by Crippen LogP contribution is -2.42. The van der Waals surface area contributed by atoms with Crippen molar-refractivity contribution in [2.75, 3.05) is 12.4 Å². The summed E-state index contributed by atoms with van der Waals surface area (Å²) in [5.41, 5.74) is 0.638. The quantitative estimate of drug-likeness (QED) is 0.743. The van der Waals surface area contributed by atoms with Crippen LogP contribution in [0.5, 0.6) is 5.88 Å². The molecule has 1 aromatic rings. The fourth-order valence-corrected chi connectivity index (χ4v) is 1.38. The number of rotatable bonds is 5. The van der Waals surface area contributed by atoms with Crippen LogP contribution in [-0.4, -0.2) is 40.2 Å². The Morgan fingerprint density at radius 1 is 1.35 bits per heavy atom. The SMILES string of the molecule is COc1cc(C)nc(NC(=O)NC(C)C(C)C(=O)O)n1. The van der Waals surface area contributed by atoms with Crippen LogP contribution in [0.25, 0.3) is 0 Å². The Morgan fingerprint density at radius 3 is 2.55 bits per heavy atom. The zero-order valence-corrected chi connectivity index (χ0v) is 11.8. The minimum atomic E-state index is -0.980. The molecule has 0 radical (unpaired) electrons. The number of amides is 2. The monoisotopic (exact) mass is 282 g/mol. The summed E-state index contributed by atoms with van der Waals surface area (Å²) in [4.78, 5) is 30.5. The van der Waals surface area contributed by atoms with Crippen LogP contribution in [0.3, 0.4) is 0 Å². The predicted molar refractivity (Wildman–Crippen MR) is 71.7 cm³/mol. The van der Waals surface area contributed by atoms with E-state index in [0.717, 1.165) is 0 Å². The number of anilines is 1. The molecule has 0 aliphatic rings. The fourth-order valence-electron chi connectivity index (χ4n) is 1.38. The number of urea groups is 1. The molecule has 0 aliphatic heterocycles. The molecule has 2 atom stereocenters. The van der Waals surface area contributed by atoms with Crippen molar-refractivity contribution in [3.05, 3.63) is 11.8 Å². The summed E-state index contributed by atoms with van der Waals surface area (Å²) in [5, 5.41) is 13.8. The molecule has 8 nitrogen and oxygen atoms in total. The average molecular weight is 282 g/mol. The maximum atomic E-state index is 11.7. The van der Waals surface area contributed by atoms with Crippen molar-refractivity contribution in [3.8, 4) is 5.88 Å². The highest BCUT2D eigenvalue weighted by atomic mass is 16.5. The van der Waals surface area contributed by atoms with Crippen LogP contribution in [0.2, 0.25) is 0 Å². The third kappa shape index (κ3) is 4.38. The number of hydrogen-bond donors (Lipinski definition) is 3. The van der Waals surface area contributed by atoms with Crippen LogP contribution in [0.15, 0.2) is 6.07 Å². The van der Waals surface area contributed by atoms with Gasteiger partial charge in [-0.2, -0.15) is 4.98 Å². The van der Waals surface area contributed by atoms with E-state index in [4.69, 9.17) is 9.84 Å². The van der Waals surface area contributed by atoms with Crippen LogP contribution in [0.4, 0.5) is 10.7 Å². The Morgan fingerprint density at radius 2 is 2.00 bits per heavy atom. The van der Waals surface area contributed by atoms with Gasteiger partial charge >= 0.3 is 12.0 Å². The van der Waals surface area contributed by atoms with E-state index in [1.165, 1.54) is 14.0 Å². The Kier molecular flexibility index (Phi) is 5.24. The molecule has 0 saturated carbocycles. The predicted octanol–water partition coefficient (Wildman–Crippen LogP) is 1.02. The number of carboxylic acid groups (broad SMARTS) is 1. The zero-order valence-electron chi connectivity index (χ0n) is 11.8. The van der Waals surface area contributed by atoms with Gasteiger partial charge < -0.3 is 15.2 Å². The van der Waals surface area contributed by atoms with Crippen molar-refractivity contribution in [1.29, 1.82) is 0 Å². The van der Waals surface area contributed by atoms with E-state index in [0.29, 0.717) is 11.6 Å². The molecule has 8 heteroatoms. The van der Waals surface area contributed by atoms with Gasteiger partial charge in [-0.05, 0) is 20.8 Å². The summed E-state index contributed by atoms with van der Waals surface area (Å²) in [6.45, 7) is 4.86. The number of carbonyl (C=O) groups is 2. The fraction of sp³-hybridized carbons (Fsp3) is 0.500. The number of carbonyl (C=O) groups excluding carboxylic acids is 1. The molecule has 2 amide bonds. The smallest absolute Gasteiger partial charge is 0.321 e. The minimum absolute atomic E-state index is 0.0922. The number of aromatic nitrogens is 2. The Balaban J connectivity index is 2.67. The number of hydrogen-bond acceptors (Lipinski definition) is 5. The molecule has 0 fully saturated rings. The van der Waals surface area contributed by atoms with Gasteiger partial charge in [0.1, 0.15) is 0 Å². The van der Waals surface area contributed by atoms with Crippen molar-refractivity contribution >= 4 is 17.9 Å². The third-order valence-electron chi connectivity index (χ3n) is 2.76. The molecule has 1 aromatic heterocycles. The van der Waals surface area contributed by atoms with Gasteiger partial charge in [0.15, 0.2) is 0 Å². The van der Waals surface area contributed by atoms with E-state index >= 15 is 0 Å². The lowest BCUT2D eigenvalue weighted by Gasteiger charge is -2.17. The highest BCUT2D eigenvalue weighted by Gasteiger charge is 2.21. The second-order valence-electron chi connectivity index (χ2n) is 4.39. The van der Waals surface area contributed by atoms with E-state index in [2.05, 4.69) is 20.6 Å². The Bertz CT molecular complexity index is 506. The number of nitrogens with one attached hydrogen (secondary N) is 2. The lowest BCUT2D eigenvalue weighted by atomic mass is 10.0. The molecule has 3 N–H and O–H groups in total. The molecule has 110 valence electrons. The summed E-state index contributed by atoms with van der Waals surface area (Å²) < 4.78 is 4.97. The van der Waals surface area contributed by atoms with Crippen molar-refractivity contribution in [2.24, 2.45) is 5.92 Å². The van der Waals surface area contributed by atoms with E-state index in [9.17, 15) is 9.59 Å². The molecule has 1 rings (SSSR count). The van der Waals surface area contributed by atoms with Crippen LogP contribution in [0.1, 0.15) is 19.5 Å². The first-order chi connectivity index (χ1) is 9.33. The van der Waals surface area contributed by atoms with E-state index in [1.807, 2.05) is 0 Å². The molecule has 0 bridgehead atoms. The van der Waals surface area contributed by atoms with E-state index in [-0.39, 0.29) is 5.95 Å². The number of methoxy groups -OCH3 is 1. The van der Waals surface area contributed by atoms with Gasteiger partial charge in [0.2, 0.25) is 11.8 Å². The van der Waals surface area contributed by atoms with Gasteiger partial charge in [-0.15, -0.1) is 0 Å². The summed E-state index contributed by atoms with van der Waals surface area (Å²) in [6, 6.07) is 0.524. The summed E-state index contributed by atoms with van der Waals surface area (Å²) in [7, 11) is 1.46. The van der Waals surface area contributed by atoms with Gasteiger partial charge in [-0.25, -0.2) is 9.78 Å². The molecular weight excluding hydrogens is 264 g/mol. The normalized spacial score (nSPS) is 13.2. The van der Waals surface area contributed by atoms with Crippen LogP contribution in [-0.2, 0) is 4.79 Å². The summed E-state index contributed by atoms with van der Waals surface area (Å²) in [5.74, 6) is -1.26. The number of nitrogens with zero attached hydrogens (tertiary/aromatic N) is 2. The molecule has 20 heavy (non-hydrogen) atoms. The Labute approximate surface area is 116 Å². The molecule has 0 aliphatic carbocycles. The average Bonchev–Trinajstić information content (AvgIpc) is 2.36. The minimum Gasteiger partial charge on any atom is -0.481 e. The van der Waals surface area contributed by atoms with Crippen LogP contribution >= 0.6 is 0 Å². The first-order valence-electron chi connectivity index (χ1n) is 6.03. The highest BCUT2D eigenvalue weighted by molar-refractivity contribution is 5.88. The third-order valence-corrected chi connectivity index (χ3v) is 2.76. The molecule has 0 spiro atoms. The van der Waals surface area contributed by atoms with Gasteiger partial charge in [-0.3, -0.25) is 10.1 Å². The van der Waals surface area contributed by atoms with Gasteiger partial charge in [0, 0.05) is 17.8 Å². The first kappa shape index (κ1) is 15.7. The second-order valence-corrected chi connectivity index (χ2v) is 4.39. The lowest BCUT2D eigenvalue weighted by molar-refractivity contribution is -0.141. The van der Waals surface area contributed by atoms with E-state index < -0.39 is 24.0 Å². The molecule has 1 heterocycles. The van der Waals surface area contributed by atoms with Crippen LogP contribution < -0.4 is 15.4 Å². The molecular formula is C12H18N4O4. The molecule has 0 saturated heterocycles. The van der Waals surface area contributed by atoms with Gasteiger partial charge in [0.05, 0.1) is 13.0 Å². The Hall–Kier alpha value is -2.38. The van der Waals surface area contributed by atoms with Gasteiger partial charge in [-0.1, -0.05) is 0 Å². The van der Waals surface area contributed by atoms with Crippen LogP contribution in [0, 0.1) is 12.8 Å². The number of aryl methyl sites for hydroxylation is 1. The van der Waals surface area contributed by atoms with Gasteiger partial charge in [0.25, 0.3) is 0 Å². The number of ether oxygens (including phenoxy) is 1. The standard InChI is InChI=1S/C12H18N4O4/c1-6-5-9(20-4)15-11(13-6)16-12(19)14-8(3)7(2)10(17)18/h5,7-8H,1-4H3,(H,17,18)(H2,13,14,15,16,19). The number of carboxylic acids is 1. The first-order valence-corrected chi connectivity index (χ1v) is 6.03. The van der Waals surface area contributed by atoms with E-state index in [1.54, 1.807) is 19.9 Å². The summed E-state index contributed by atoms with van der Waals surface area (Å²) in [6.07, 6.45) is 0. The maximum Gasteiger partial charge on any atom is 0.321 e. The van der Waals surface area contributed by atoms with Crippen molar-refractivity contribution in [1.82, 2.24) is 15.3 Å². The topological polar surface area (TPSA) is 113 Å². The van der Waals surface area contributed by atoms with Crippen molar-refractivity contribution in [3.63, 3.8) is 0 Å². The van der Waals surface area contributed by atoms with Crippen molar-refractivity contribution in [2.45, 2.75) is 26.8 Å². The van der Waals surface area contributed by atoms with Crippen molar-refractivity contribution < 1.29 is 19.4 Å². The largest absolute Gasteiger partial charge is 0.481 e.